The molecule has 0 aromatic heterocycles. The Bertz CT molecular complexity index is 526. The minimum atomic E-state index is -0.225. The number of aliphatic hydroxyl groups is 1. The molecule has 1 aromatic rings. The Morgan fingerprint density at radius 2 is 2.00 bits per heavy atom. The van der Waals surface area contributed by atoms with Gasteiger partial charge in [0.15, 0.2) is 0 Å². The van der Waals surface area contributed by atoms with Crippen molar-refractivity contribution in [3.05, 3.63) is 35.4 Å². The Hall–Kier alpha value is -1.28. The molecule has 1 aliphatic rings. The number of benzene rings is 1. The second-order valence-electron chi connectivity index (χ2n) is 7.44. The summed E-state index contributed by atoms with van der Waals surface area (Å²) in [6.45, 7) is 8.88. The molecule has 1 aliphatic carbocycles. The van der Waals surface area contributed by atoms with Crippen molar-refractivity contribution < 1.29 is 5.11 Å². The number of nitrogens with two attached hydrogens (primary N) is 1. The minimum absolute atomic E-state index is 0.141. The standard InChI is InChI=1S/C18H27NO/c1-17(2)9-7-13(8-10-17)15-11-14(5-6-16(15)19)18(3,4)12-20/h5-7,11,20H,8-10,12,19H2,1-4H3. The van der Waals surface area contributed by atoms with Gasteiger partial charge >= 0.3 is 0 Å². The highest BCUT2D eigenvalue weighted by molar-refractivity contribution is 5.76. The van der Waals surface area contributed by atoms with E-state index >= 15 is 0 Å². The lowest BCUT2D eigenvalue weighted by atomic mass is 9.76. The van der Waals surface area contributed by atoms with E-state index in [2.05, 4.69) is 39.8 Å². The van der Waals surface area contributed by atoms with E-state index in [0.29, 0.717) is 5.41 Å². The van der Waals surface area contributed by atoms with Gasteiger partial charge in [0.25, 0.3) is 0 Å². The molecule has 2 heteroatoms. The average Bonchev–Trinajstić information content (AvgIpc) is 2.39. The van der Waals surface area contributed by atoms with Gasteiger partial charge in [0.1, 0.15) is 0 Å². The number of hydrogen-bond acceptors (Lipinski definition) is 2. The van der Waals surface area contributed by atoms with Gasteiger partial charge in [-0.1, -0.05) is 39.8 Å². The lowest BCUT2D eigenvalue weighted by Gasteiger charge is -2.30. The second kappa shape index (κ2) is 5.25. The summed E-state index contributed by atoms with van der Waals surface area (Å²) in [5, 5.41) is 9.54. The molecule has 0 fully saturated rings. The van der Waals surface area contributed by atoms with E-state index in [4.69, 9.17) is 5.73 Å². The van der Waals surface area contributed by atoms with Gasteiger partial charge in [-0.3, -0.25) is 0 Å². The lowest BCUT2D eigenvalue weighted by Crippen LogP contribution is -2.22. The van der Waals surface area contributed by atoms with Gasteiger partial charge in [0, 0.05) is 16.7 Å². The van der Waals surface area contributed by atoms with Crippen molar-refractivity contribution in [1.82, 2.24) is 0 Å². The maximum Gasteiger partial charge on any atom is 0.0522 e. The van der Waals surface area contributed by atoms with Gasteiger partial charge in [-0.25, -0.2) is 0 Å². The van der Waals surface area contributed by atoms with Crippen molar-refractivity contribution in [2.24, 2.45) is 5.41 Å². The highest BCUT2D eigenvalue weighted by Gasteiger charge is 2.24. The zero-order valence-corrected chi connectivity index (χ0v) is 13.2. The first-order chi connectivity index (χ1) is 9.25. The first kappa shape index (κ1) is 15.1. The fraction of sp³-hybridized carbons (Fsp3) is 0.556. The molecule has 0 atom stereocenters. The Labute approximate surface area is 122 Å². The molecule has 110 valence electrons. The molecule has 0 bridgehead atoms. The van der Waals surface area contributed by atoms with E-state index in [1.165, 1.54) is 12.0 Å². The third kappa shape index (κ3) is 3.06. The maximum atomic E-state index is 9.54. The van der Waals surface area contributed by atoms with Crippen molar-refractivity contribution in [3.63, 3.8) is 0 Å². The molecule has 0 spiro atoms. The zero-order chi connectivity index (χ0) is 15.0. The van der Waals surface area contributed by atoms with Crippen LogP contribution in [0.15, 0.2) is 24.3 Å². The van der Waals surface area contributed by atoms with Crippen molar-refractivity contribution in [3.8, 4) is 0 Å². The second-order valence-corrected chi connectivity index (χ2v) is 7.44. The van der Waals surface area contributed by atoms with Gasteiger partial charge in [0.2, 0.25) is 0 Å². The predicted octanol–water partition coefficient (Wildman–Crippen LogP) is 4.13. The molecule has 0 aliphatic heterocycles. The van der Waals surface area contributed by atoms with Crippen LogP contribution >= 0.6 is 0 Å². The fourth-order valence-electron chi connectivity index (χ4n) is 2.67. The summed E-state index contributed by atoms with van der Waals surface area (Å²) in [5.41, 5.74) is 10.8. The minimum Gasteiger partial charge on any atom is -0.398 e. The van der Waals surface area contributed by atoms with Crippen molar-refractivity contribution >= 4 is 11.3 Å². The van der Waals surface area contributed by atoms with Gasteiger partial charge in [-0.2, -0.15) is 0 Å². The summed E-state index contributed by atoms with van der Waals surface area (Å²) in [6.07, 6.45) is 5.73. The molecule has 0 saturated carbocycles. The Kier molecular flexibility index (Phi) is 3.97. The largest absolute Gasteiger partial charge is 0.398 e. The van der Waals surface area contributed by atoms with Gasteiger partial charge in [-0.05, 0) is 47.9 Å². The van der Waals surface area contributed by atoms with E-state index in [9.17, 15) is 5.11 Å². The molecule has 0 radical (unpaired) electrons. The van der Waals surface area contributed by atoms with Crippen LogP contribution in [-0.4, -0.2) is 11.7 Å². The van der Waals surface area contributed by atoms with E-state index in [1.54, 1.807) is 0 Å². The lowest BCUT2D eigenvalue weighted by molar-refractivity contribution is 0.218. The Morgan fingerprint density at radius 1 is 1.30 bits per heavy atom. The fourth-order valence-corrected chi connectivity index (χ4v) is 2.67. The zero-order valence-electron chi connectivity index (χ0n) is 13.2. The summed E-state index contributed by atoms with van der Waals surface area (Å²) < 4.78 is 0. The van der Waals surface area contributed by atoms with E-state index < -0.39 is 0 Å². The molecule has 1 aromatic carbocycles. The number of allylic oxidation sites excluding steroid dienone is 2. The number of nitrogen functional groups attached to an aromatic ring is 1. The van der Waals surface area contributed by atoms with Gasteiger partial charge in [-0.15, -0.1) is 0 Å². The Morgan fingerprint density at radius 3 is 2.55 bits per heavy atom. The summed E-state index contributed by atoms with van der Waals surface area (Å²) in [7, 11) is 0. The number of hydrogen-bond donors (Lipinski definition) is 2. The van der Waals surface area contributed by atoms with Crippen LogP contribution in [0.1, 0.15) is 58.1 Å². The van der Waals surface area contributed by atoms with Crippen LogP contribution in [0.3, 0.4) is 0 Å². The highest BCUT2D eigenvalue weighted by Crippen LogP contribution is 2.40. The van der Waals surface area contributed by atoms with Crippen molar-refractivity contribution in [2.75, 3.05) is 12.3 Å². The smallest absolute Gasteiger partial charge is 0.0522 e. The quantitative estimate of drug-likeness (QED) is 0.813. The third-order valence-electron chi connectivity index (χ3n) is 4.55. The normalized spacial score (nSPS) is 18.8. The van der Waals surface area contributed by atoms with Crippen LogP contribution in [0, 0.1) is 5.41 Å². The molecule has 2 nitrogen and oxygen atoms in total. The molecular weight excluding hydrogens is 246 g/mol. The van der Waals surface area contributed by atoms with Crippen LogP contribution in [0.4, 0.5) is 5.69 Å². The monoisotopic (exact) mass is 273 g/mol. The molecular formula is C18H27NO. The number of rotatable bonds is 3. The van der Waals surface area contributed by atoms with Crippen molar-refractivity contribution in [1.29, 1.82) is 0 Å². The molecule has 0 heterocycles. The first-order valence-corrected chi connectivity index (χ1v) is 7.45. The topological polar surface area (TPSA) is 46.2 Å². The average molecular weight is 273 g/mol. The molecule has 0 saturated heterocycles. The summed E-state index contributed by atoms with van der Waals surface area (Å²) >= 11 is 0. The van der Waals surface area contributed by atoms with Crippen molar-refractivity contribution in [2.45, 2.75) is 52.4 Å². The van der Waals surface area contributed by atoms with Gasteiger partial charge < -0.3 is 10.8 Å². The SMILES string of the molecule is CC1(C)CC=C(c2cc(C(C)(C)CO)ccc2N)CC1. The Balaban J connectivity index is 2.38. The van der Waals surface area contributed by atoms with E-state index in [0.717, 1.165) is 29.7 Å². The molecule has 3 N–H and O–H groups in total. The first-order valence-electron chi connectivity index (χ1n) is 7.45. The molecule has 0 amide bonds. The van der Waals surface area contributed by atoms with E-state index in [1.807, 2.05) is 12.1 Å². The molecule has 0 unspecified atom stereocenters. The molecule has 20 heavy (non-hydrogen) atoms. The highest BCUT2D eigenvalue weighted by atomic mass is 16.3. The molecule has 2 rings (SSSR count). The van der Waals surface area contributed by atoms with Crippen LogP contribution < -0.4 is 5.73 Å². The summed E-state index contributed by atoms with van der Waals surface area (Å²) in [4.78, 5) is 0. The van der Waals surface area contributed by atoms with Gasteiger partial charge in [0.05, 0.1) is 6.61 Å². The number of aliphatic hydroxyl groups excluding tert-OH is 1. The van der Waals surface area contributed by atoms with Crippen LogP contribution in [0.5, 0.6) is 0 Å². The maximum absolute atomic E-state index is 9.54. The third-order valence-corrected chi connectivity index (χ3v) is 4.55. The van der Waals surface area contributed by atoms with Crippen LogP contribution in [0.2, 0.25) is 0 Å². The van der Waals surface area contributed by atoms with Crippen LogP contribution in [0.25, 0.3) is 5.57 Å². The summed E-state index contributed by atoms with van der Waals surface area (Å²) in [5.74, 6) is 0. The summed E-state index contributed by atoms with van der Waals surface area (Å²) in [6, 6.07) is 6.17. The predicted molar refractivity (Wildman–Crippen MR) is 86.6 cm³/mol. The number of anilines is 1. The van der Waals surface area contributed by atoms with E-state index in [-0.39, 0.29) is 12.0 Å². The van der Waals surface area contributed by atoms with Crippen LogP contribution in [-0.2, 0) is 5.41 Å².